The van der Waals surface area contributed by atoms with Gasteiger partial charge in [-0.15, -0.1) is 0 Å². The molecule has 2 heterocycles. The SMILES string of the molecule is Cc1cc(C(F)(F)F)cc(O)c1-c1ccc(C=NC[C@@H]2CNC(=O)C2)c(N)n1. The Labute approximate surface area is 159 Å². The number of pyridine rings is 1. The van der Waals surface area contributed by atoms with Crippen molar-refractivity contribution >= 4 is 17.9 Å². The van der Waals surface area contributed by atoms with E-state index in [-0.39, 0.29) is 34.5 Å². The lowest BCUT2D eigenvalue weighted by Crippen LogP contribution is -2.14. The second-order valence-corrected chi connectivity index (χ2v) is 6.72. The van der Waals surface area contributed by atoms with Gasteiger partial charge >= 0.3 is 6.18 Å². The van der Waals surface area contributed by atoms with Gasteiger partial charge in [0, 0.05) is 42.8 Å². The number of nitrogens with two attached hydrogens (primary N) is 1. The van der Waals surface area contributed by atoms with E-state index < -0.39 is 17.5 Å². The van der Waals surface area contributed by atoms with E-state index >= 15 is 0 Å². The molecule has 148 valence electrons. The molecule has 0 spiro atoms. The van der Waals surface area contributed by atoms with Crippen molar-refractivity contribution in [1.29, 1.82) is 0 Å². The Morgan fingerprint density at radius 2 is 2.14 bits per heavy atom. The summed E-state index contributed by atoms with van der Waals surface area (Å²) in [6.45, 7) is 2.53. The van der Waals surface area contributed by atoms with Crippen LogP contribution in [0.15, 0.2) is 29.3 Å². The number of phenols is 1. The van der Waals surface area contributed by atoms with Crippen LogP contribution in [0.1, 0.15) is 23.1 Å². The van der Waals surface area contributed by atoms with Gasteiger partial charge in [-0.2, -0.15) is 13.2 Å². The zero-order chi connectivity index (χ0) is 20.5. The molecule has 1 aliphatic heterocycles. The van der Waals surface area contributed by atoms with Crippen molar-refractivity contribution in [2.24, 2.45) is 10.9 Å². The summed E-state index contributed by atoms with van der Waals surface area (Å²) in [5.74, 6) is -0.221. The number of aromatic hydroxyl groups is 1. The van der Waals surface area contributed by atoms with Crippen LogP contribution in [0.5, 0.6) is 5.75 Å². The molecule has 4 N–H and O–H groups in total. The summed E-state index contributed by atoms with van der Waals surface area (Å²) in [5.41, 5.74) is 6.26. The van der Waals surface area contributed by atoms with Crippen LogP contribution in [0.2, 0.25) is 0 Å². The first-order valence-electron chi connectivity index (χ1n) is 8.59. The van der Waals surface area contributed by atoms with E-state index in [1.165, 1.54) is 6.92 Å². The second-order valence-electron chi connectivity index (χ2n) is 6.72. The summed E-state index contributed by atoms with van der Waals surface area (Å²) in [6.07, 6.45) is -2.56. The maximum Gasteiger partial charge on any atom is 0.416 e. The predicted octanol–water partition coefficient (Wildman–Crippen LogP) is 2.92. The number of carbonyl (C=O) groups is 1. The van der Waals surface area contributed by atoms with Gasteiger partial charge in [0.05, 0.1) is 11.3 Å². The molecule has 9 heteroatoms. The Bertz CT molecular complexity index is 918. The van der Waals surface area contributed by atoms with E-state index in [9.17, 15) is 23.1 Å². The van der Waals surface area contributed by atoms with Crippen molar-refractivity contribution < 1.29 is 23.1 Å². The minimum Gasteiger partial charge on any atom is -0.507 e. The number of aryl methyl sites for hydroxylation is 1. The highest BCUT2D eigenvalue weighted by Crippen LogP contribution is 2.38. The Balaban J connectivity index is 1.81. The largest absolute Gasteiger partial charge is 0.507 e. The zero-order valence-electron chi connectivity index (χ0n) is 15.0. The Morgan fingerprint density at radius 3 is 2.71 bits per heavy atom. The van der Waals surface area contributed by atoms with Crippen molar-refractivity contribution in [3.8, 4) is 17.0 Å². The van der Waals surface area contributed by atoms with Crippen molar-refractivity contribution in [1.82, 2.24) is 10.3 Å². The summed E-state index contributed by atoms with van der Waals surface area (Å²) in [7, 11) is 0. The summed E-state index contributed by atoms with van der Waals surface area (Å²) < 4.78 is 38.6. The van der Waals surface area contributed by atoms with Crippen LogP contribution in [-0.2, 0) is 11.0 Å². The standard InChI is InChI=1S/C19H19F3N4O2/c1-10-4-13(19(20,21)22)6-15(27)17(10)14-3-2-12(18(23)26-14)9-24-7-11-5-16(28)25-8-11/h2-4,6,9,11,27H,5,7-8H2,1H3,(H2,23,26)(H,25,28)/t11-/m1/s1. The first-order valence-corrected chi connectivity index (χ1v) is 8.59. The van der Waals surface area contributed by atoms with Crippen molar-refractivity contribution in [2.75, 3.05) is 18.8 Å². The average Bonchev–Trinajstić information content (AvgIpc) is 3.00. The highest BCUT2D eigenvalue weighted by Gasteiger charge is 2.32. The fourth-order valence-electron chi connectivity index (χ4n) is 3.09. The molecule has 6 nitrogen and oxygen atoms in total. The number of hydrogen-bond acceptors (Lipinski definition) is 5. The number of nitrogen functional groups attached to an aromatic ring is 1. The molecule has 0 radical (unpaired) electrons. The van der Waals surface area contributed by atoms with E-state index in [1.54, 1.807) is 18.3 Å². The number of aliphatic imine (C=N–C) groups is 1. The summed E-state index contributed by atoms with van der Waals surface area (Å²) >= 11 is 0. The number of nitrogens with zero attached hydrogens (tertiary/aromatic N) is 2. The molecule has 1 aliphatic rings. The highest BCUT2D eigenvalue weighted by atomic mass is 19.4. The maximum absolute atomic E-state index is 12.9. The van der Waals surface area contributed by atoms with Crippen molar-refractivity contribution in [2.45, 2.75) is 19.5 Å². The molecule has 1 fully saturated rings. The van der Waals surface area contributed by atoms with Crippen LogP contribution >= 0.6 is 0 Å². The van der Waals surface area contributed by atoms with Crippen LogP contribution in [0.25, 0.3) is 11.3 Å². The lowest BCUT2D eigenvalue weighted by Gasteiger charge is -2.13. The fourth-order valence-corrected chi connectivity index (χ4v) is 3.09. The lowest BCUT2D eigenvalue weighted by molar-refractivity contribution is -0.137. The van der Waals surface area contributed by atoms with E-state index in [0.29, 0.717) is 31.1 Å². The Morgan fingerprint density at radius 1 is 1.39 bits per heavy atom. The van der Waals surface area contributed by atoms with Gasteiger partial charge in [-0.3, -0.25) is 9.79 Å². The number of alkyl halides is 3. The van der Waals surface area contributed by atoms with E-state index in [2.05, 4.69) is 15.3 Å². The number of rotatable bonds is 4. The van der Waals surface area contributed by atoms with Crippen LogP contribution in [-0.4, -0.2) is 35.3 Å². The molecule has 2 aromatic rings. The summed E-state index contributed by atoms with van der Waals surface area (Å²) in [5, 5.41) is 12.8. The maximum atomic E-state index is 12.9. The van der Waals surface area contributed by atoms with Crippen LogP contribution in [0.3, 0.4) is 0 Å². The number of nitrogens with one attached hydrogen (secondary N) is 1. The molecule has 1 atom stereocenters. The van der Waals surface area contributed by atoms with Gasteiger partial charge in [0.1, 0.15) is 11.6 Å². The molecule has 28 heavy (non-hydrogen) atoms. The van der Waals surface area contributed by atoms with E-state index in [1.807, 2.05) is 0 Å². The lowest BCUT2D eigenvalue weighted by atomic mass is 10.00. The molecule has 0 unspecified atom stereocenters. The number of halogens is 3. The van der Waals surface area contributed by atoms with Crippen LogP contribution in [0.4, 0.5) is 19.0 Å². The smallest absolute Gasteiger partial charge is 0.416 e. The Hall–Kier alpha value is -3.10. The van der Waals surface area contributed by atoms with Crippen LogP contribution in [0, 0.1) is 12.8 Å². The van der Waals surface area contributed by atoms with E-state index in [4.69, 9.17) is 5.73 Å². The van der Waals surface area contributed by atoms with Gasteiger partial charge in [-0.1, -0.05) is 0 Å². The minimum absolute atomic E-state index is 0.0115. The molecule has 3 rings (SSSR count). The molecule has 1 aromatic heterocycles. The first-order chi connectivity index (χ1) is 13.1. The highest BCUT2D eigenvalue weighted by molar-refractivity contribution is 5.87. The van der Waals surface area contributed by atoms with Gasteiger partial charge in [0.25, 0.3) is 0 Å². The average molecular weight is 392 g/mol. The molecule has 1 saturated heterocycles. The summed E-state index contributed by atoms with van der Waals surface area (Å²) in [4.78, 5) is 19.6. The number of benzene rings is 1. The monoisotopic (exact) mass is 392 g/mol. The minimum atomic E-state index is -4.55. The predicted molar refractivity (Wildman–Crippen MR) is 99.1 cm³/mol. The molecular formula is C19H19F3N4O2. The summed E-state index contributed by atoms with van der Waals surface area (Å²) in [6, 6.07) is 4.83. The normalized spacial score (nSPS) is 17.3. The van der Waals surface area contributed by atoms with Gasteiger partial charge in [0.15, 0.2) is 0 Å². The number of amides is 1. The van der Waals surface area contributed by atoms with Crippen LogP contribution < -0.4 is 11.1 Å². The first kappa shape index (κ1) is 19.7. The molecule has 0 aliphatic carbocycles. The van der Waals surface area contributed by atoms with Gasteiger partial charge in [-0.05, 0) is 36.8 Å². The van der Waals surface area contributed by atoms with E-state index in [0.717, 1.165) is 6.07 Å². The number of hydrogen-bond donors (Lipinski definition) is 3. The third-order valence-corrected chi connectivity index (χ3v) is 4.51. The molecule has 1 amide bonds. The van der Waals surface area contributed by atoms with Gasteiger partial charge < -0.3 is 16.2 Å². The van der Waals surface area contributed by atoms with Gasteiger partial charge in [0.2, 0.25) is 5.91 Å². The third kappa shape index (κ3) is 4.24. The Kier molecular flexibility index (Phi) is 5.26. The second kappa shape index (κ2) is 7.49. The topological polar surface area (TPSA) is 101 Å². The number of anilines is 1. The molecule has 0 saturated carbocycles. The molecule has 1 aromatic carbocycles. The zero-order valence-corrected chi connectivity index (χ0v) is 15.0. The number of carbonyl (C=O) groups excluding carboxylic acids is 1. The fraction of sp³-hybridized carbons (Fsp3) is 0.316. The van der Waals surface area contributed by atoms with Gasteiger partial charge in [-0.25, -0.2) is 4.98 Å². The molecule has 0 bridgehead atoms. The third-order valence-electron chi connectivity index (χ3n) is 4.51. The van der Waals surface area contributed by atoms with Crippen molar-refractivity contribution in [3.05, 3.63) is 41.0 Å². The molecular weight excluding hydrogens is 373 g/mol. The quantitative estimate of drug-likeness (QED) is 0.697. The van der Waals surface area contributed by atoms with Crippen molar-refractivity contribution in [3.63, 3.8) is 0 Å². The number of aromatic nitrogens is 1. The number of phenolic OH excluding ortho intramolecular Hbond substituents is 1.